The van der Waals surface area contributed by atoms with Gasteiger partial charge in [-0.2, -0.15) is 0 Å². The van der Waals surface area contributed by atoms with E-state index in [-0.39, 0.29) is 5.91 Å². The molecular formula is C17H21N3OS. The van der Waals surface area contributed by atoms with Crippen molar-refractivity contribution in [1.82, 2.24) is 10.3 Å². The minimum absolute atomic E-state index is 0.0258. The molecule has 4 nitrogen and oxygen atoms in total. The highest BCUT2D eigenvalue weighted by atomic mass is 32.1. The summed E-state index contributed by atoms with van der Waals surface area (Å²) in [4.78, 5) is 16.4. The number of nitrogens with one attached hydrogen (secondary N) is 2. The maximum absolute atomic E-state index is 11.9. The lowest BCUT2D eigenvalue weighted by Crippen LogP contribution is -2.29. The van der Waals surface area contributed by atoms with Crippen molar-refractivity contribution >= 4 is 22.4 Å². The summed E-state index contributed by atoms with van der Waals surface area (Å²) in [5.74, 6) is 0.756. The number of hydrogen-bond acceptors (Lipinski definition) is 4. The summed E-state index contributed by atoms with van der Waals surface area (Å²) < 4.78 is 0. The first-order valence-corrected chi connectivity index (χ1v) is 8.53. The number of carbonyl (C=O) groups excluding carboxylic acids is 1. The van der Waals surface area contributed by atoms with Crippen LogP contribution in [0, 0.1) is 19.8 Å². The maximum atomic E-state index is 11.9. The zero-order chi connectivity index (χ0) is 15.5. The van der Waals surface area contributed by atoms with E-state index in [0.29, 0.717) is 11.7 Å². The van der Waals surface area contributed by atoms with Gasteiger partial charge in [-0.3, -0.25) is 4.79 Å². The summed E-state index contributed by atoms with van der Waals surface area (Å²) in [7, 11) is 0. The summed E-state index contributed by atoms with van der Waals surface area (Å²) in [5, 5.41) is 8.70. The largest absolute Gasteiger partial charge is 0.308 e. The van der Waals surface area contributed by atoms with Crippen LogP contribution in [0.3, 0.4) is 0 Å². The quantitative estimate of drug-likeness (QED) is 0.859. The van der Waals surface area contributed by atoms with Gasteiger partial charge in [-0.1, -0.05) is 23.8 Å². The third kappa shape index (κ3) is 3.93. The molecule has 1 saturated carbocycles. The Hall–Kier alpha value is -1.72. The lowest BCUT2D eigenvalue weighted by molar-refractivity contribution is -0.115. The first-order valence-electron chi connectivity index (χ1n) is 7.65. The Morgan fingerprint density at radius 3 is 2.91 bits per heavy atom. The fourth-order valence-corrected chi connectivity index (χ4v) is 3.16. The third-order valence-electron chi connectivity index (χ3n) is 3.82. The van der Waals surface area contributed by atoms with Gasteiger partial charge in [-0.05, 0) is 44.7 Å². The molecule has 5 heteroatoms. The lowest BCUT2D eigenvalue weighted by atomic mass is 10.0. The molecule has 0 saturated heterocycles. The predicted molar refractivity (Wildman–Crippen MR) is 91.2 cm³/mol. The topological polar surface area (TPSA) is 54.0 Å². The monoisotopic (exact) mass is 315 g/mol. The number of hydrogen-bond donors (Lipinski definition) is 2. The summed E-state index contributed by atoms with van der Waals surface area (Å²) in [6, 6.07) is 6.32. The zero-order valence-electron chi connectivity index (χ0n) is 13.0. The molecule has 22 heavy (non-hydrogen) atoms. The molecular weight excluding hydrogens is 294 g/mol. The van der Waals surface area contributed by atoms with Crippen LogP contribution in [0.5, 0.6) is 0 Å². The van der Waals surface area contributed by atoms with Gasteiger partial charge in [0, 0.05) is 10.9 Å². The van der Waals surface area contributed by atoms with Crippen LogP contribution >= 0.6 is 11.3 Å². The standard InChI is InChI=1S/C17H21N3OS/c1-11-3-6-14(12(2)7-11)15-10-22-17(19-15)20-16(21)9-18-8-13-4-5-13/h3,6-7,10,13,18H,4-5,8-9H2,1-2H3,(H,19,20,21). The van der Waals surface area contributed by atoms with Gasteiger partial charge >= 0.3 is 0 Å². The van der Waals surface area contributed by atoms with Gasteiger partial charge in [0.1, 0.15) is 0 Å². The third-order valence-corrected chi connectivity index (χ3v) is 4.58. The molecule has 1 aliphatic carbocycles. The molecule has 0 aliphatic heterocycles. The second-order valence-electron chi connectivity index (χ2n) is 5.98. The molecule has 0 spiro atoms. The number of amides is 1. The van der Waals surface area contributed by atoms with Crippen LogP contribution in [0.4, 0.5) is 5.13 Å². The number of nitrogens with zero attached hydrogens (tertiary/aromatic N) is 1. The molecule has 0 atom stereocenters. The average molecular weight is 315 g/mol. The fourth-order valence-electron chi connectivity index (χ4n) is 2.43. The van der Waals surface area contributed by atoms with E-state index in [9.17, 15) is 4.79 Å². The number of benzene rings is 1. The van der Waals surface area contributed by atoms with Crippen molar-refractivity contribution in [3.63, 3.8) is 0 Å². The molecule has 0 unspecified atom stereocenters. The molecule has 3 rings (SSSR count). The van der Waals surface area contributed by atoms with Crippen molar-refractivity contribution in [2.75, 3.05) is 18.4 Å². The molecule has 1 aromatic carbocycles. The molecule has 116 valence electrons. The molecule has 1 amide bonds. The van der Waals surface area contributed by atoms with E-state index in [2.05, 4.69) is 47.7 Å². The van der Waals surface area contributed by atoms with Crippen molar-refractivity contribution in [2.24, 2.45) is 5.92 Å². The Bertz CT molecular complexity index is 676. The summed E-state index contributed by atoms with van der Waals surface area (Å²) >= 11 is 1.47. The van der Waals surface area contributed by atoms with Gasteiger partial charge in [0.25, 0.3) is 0 Å². The Kier molecular flexibility index (Phi) is 4.55. The summed E-state index contributed by atoms with van der Waals surface area (Å²) in [5.41, 5.74) is 4.49. The van der Waals surface area contributed by atoms with Crippen LogP contribution in [-0.4, -0.2) is 24.0 Å². The van der Waals surface area contributed by atoms with Crippen molar-refractivity contribution in [2.45, 2.75) is 26.7 Å². The molecule has 1 aliphatic rings. The van der Waals surface area contributed by atoms with Gasteiger partial charge < -0.3 is 10.6 Å². The second-order valence-corrected chi connectivity index (χ2v) is 6.84. The highest BCUT2D eigenvalue weighted by molar-refractivity contribution is 7.14. The first kappa shape index (κ1) is 15.2. The molecule has 0 radical (unpaired) electrons. The van der Waals surface area contributed by atoms with E-state index in [1.54, 1.807) is 0 Å². The number of aromatic nitrogens is 1. The van der Waals surface area contributed by atoms with Crippen molar-refractivity contribution in [1.29, 1.82) is 0 Å². The van der Waals surface area contributed by atoms with Crippen molar-refractivity contribution < 1.29 is 4.79 Å². The smallest absolute Gasteiger partial charge is 0.240 e. The molecule has 1 heterocycles. The number of thiazole rings is 1. The van der Waals surface area contributed by atoms with Crippen LogP contribution in [0.15, 0.2) is 23.6 Å². The van der Waals surface area contributed by atoms with Crippen molar-refractivity contribution in [3.8, 4) is 11.3 Å². The Morgan fingerprint density at radius 2 is 2.18 bits per heavy atom. The highest BCUT2D eigenvalue weighted by Crippen LogP contribution is 2.28. The molecule has 1 fully saturated rings. The summed E-state index contributed by atoms with van der Waals surface area (Å²) in [6.45, 7) is 5.47. The fraction of sp³-hybridized carbons (Fsp3) is 0.412. The maximum Gasteiger partial charge on any atom is 0.240 e. The van der Waals surface area contributed by atoms with E-state index >= 15 is 0 Å². The van der Waals surface area contributed by atoms with Crippen LogP contribution < -0.4 is 10.6 Å². The van der Waals surface area contributed by atoms with Gasteiger partial charge in [0.15, 0.2) is 5.13 Å². The van der Waals surface area contributed by atoms with Crippen molar-refractivity contribution in [3.05, 3.63) is 34.7 Å². The van der Waals surface area contributed by atoms with Crippen LogP contribution in [0.25, 0.3) is 11.3 Å². The van der Waals surface area contributed by atoms with Crippen LogP contribution in [0.1, 0.15) is 24.0 Å². The normalized spacial score (nSPS) is 14.1. The van der Waals surface area contributed by atoms with E-state index < -0.39 is 0 Å². The highest BCUT2D eigenvalue weighted by Gasteiger charge is 2.20. The van der Waals surface area contributed by atoms with Gasteiger partial charge in [0.2, 0.25) is 5.91 Å². The molecule has 2 aromatic rings. The Morgan fingerprint density at radius 1 is 1.36 bits per heavy atom. The predicted octanol–water partition coefficient (Wildman–Crippen LogP) is 3.37. The van der Waals surface area contributed by atoms with E-state index in [1.807, 2.05) is 5.38 Å². The Labute approximate surface area is 135 Å². The van der Waals surface area contributed by atoms with Gasteiger partial charge in [-0.25, -0.2) is 4.98 Å². The van der Waals surface area contributed by atoms with E-state index in [1.165, 1.54) is 35.3 Å². The van der Waals surface area contributed by atoms with E-state index in [0.717, 1.165) is 23.7 Å². The first-order chi connectivity index (χ1) is 10.6. The summed E-state index contributed by atoms with van der Waals surface area (Å²) in [6.07, 6.45) is 2.58. The number of anilines is 1. The Balaban J connectivity index is 1.59. The van der Waals surface area contributed by atoms with Crippen LogP contribution in [0.2, 0.25) is 0 Å². The minimum atomic E-state index is -0.0258. The SMILES string of the molecule is Cc1ccc(-c2csc(NC(=O)CNCC3CC3)n2)c(C)c1. The number of aryl methyl sites for hydroxylation is 2. The average Bonchev–Trinajstić information content (AvgIpc) is 3.17. The van der Waals surface area contributed by atoms with Crippen LogP contribution in [-0.2, 0) is 4.79 Å². The lowest BCUT2D eigenvalue weighted by Gasteiger charge is -2.04. The van der Waals surface area contributed by atoms with Gasteiger partial charge in [-0.15, -0.1) is 11.3 Å². The number of carbonyl (C=O) groups is 1. The van der Waals surface area contributed by atoms with E-state index in [4.69, 9.17) is 0 Å². The number of rotatable bonds is 6. The zero-order valence-corrected chi connectivity index (χ0v) is 13.8. The second kappa shape index (κ2) is 6.58. The molecule has 2 N–H and O–H groups in total. The molecule has 1 aromatic heterocycles. The molecule has 0 bridgehead atoms. The minimum Gasteiger partial charge on any atom is -0.308 e. The van der Waals surface area contributed by atoms with Gasteiger partial charge in [0.05, 0.1) is 12.2 Å².